The van der Waals surface area contributed by atoms with Crippen LogP contribution in [0.5, 0.6) is 0 Å². The fraction of sp³-hybridized carbons (Fsp3) is 0.444. The van der Waals surface area contributed by atoms with Gasteiger partial charge in [0.05, 0.1) is 24.2 Å². The molecule has 0 aliphatic rings. The predicted molar refractivity (Wildman–Crippen MR) is 50.3 cm³/mol. The van der Waals surface area contributed by atoms with Gasteiger partial charge in [0.15, 0.2) is 0 Å². The first-order chi connectivity index (χ1) is 6.65. The Morgan fingerprint density at radius 1 is 1.64 bits per heavy atom. The second-order valence-corrected chi connectivity index (χ2v) is 2.82. The number of rotatable bonds is 3. The minimum absolute atomic E-state index is 0.311. The summed E-state index contributed by atoms with van der Waals surface area (Å²) in [6, 6.07) is -0.845. The van der Waals surface area contributed by atoms with Gasteiger partial charge in [-0.15, -0.1) is 0 Å². The lowest BCUT2D eigenvalue weighted by atomic mass is 10.2. The quantitative estimate of drug-likeness (QED) is 0.704. The van der Waals surface area contributed by atoms with Gasteiger partial charge in [0.2, 0.25) is 0 Å². The van der Waals surface area contributed by atoms with E-state index in [2.05, 4.69) is 9.97 Å². The molecule has 1 atom stereocenters. The lowest BCUT2D eigenvalue weighted by molar-refractivity contribution is -0.144. The average Bonchev–Trinajstić information content (AvgIpc) is 2.17. The largest absolute Gasteiger partial charge is 0.465 e. The molecule has 0 radical (unpaired) electrons. The van der Waals surface area contributed by atoms with E-state index in [-0.39, 0.29) is 0 Å². The van der Waals surface area contributed by atoms with Crippen LogP contribution in [-0.4, -0.2) is 22.5 Å². The molecule has 0 bridgehead atoms. The summed E-state index contributed by atoms with van der Waals surface area (Å²) in [7, 11) is 0. The molecule has 0 spiro atoms. The Hall–Kier alpha value is -1.49. The first-order valence-electron chi connectivity index (χ1n) is 4.36. The van der Waals surface area contributed by atoms with E-state index in [4.69, 9.17) is 10.5 Å². The number of carbonyl (C=O) groups excluding carboxylic acids is 1. The molecule has 14 heavy (non-hydrogen) atoms. The van der Waals surface area contributed by atoms with E-state index >= 15 is 0 Å². The van der Waals surface area contributed by atoms with Crippen LogP contribution < -0.4 is 5.73 Å². The van der Waals surface area contributed by atoms with Crippen LogP contribution >= 0.6 is 0 Å². The number of esters is 1. The lowest BCUT2D eigenvalue weighted by Crippen LogP contribution is -2.25. The smallest absolute Gasteiger partial charge is 0.329 e. The van der Waals surface area contributed by atoms with Crippen LogP contribution in [0.15, 0.2) is 12.4 Å². The molecule has 1 aromatic heterocycles. The third-order valence-corrected chi connectivity index (χ3v) is 1.63. The molecule has 0 saturated heterocycles. The van der Waals surface area contributed by atoms with Gasteiger partial charge in [-0.2, -0.15) is 0 Å². The Labute approximate surface area is 82.3 Å². The van der Waals surface area contributed by atoms with Crippen molar-refractivity contribution < 1.29 is 9.53 Å². The van der Waals surface area contributed by atoms with Gasteiger partial charge >= 0.3 is 5.97 Å². The normalized spacial score (nSPS) is 12.2. The van der Waals surface area contributed by atoms with Crippen LogP contribution in [0.25, 0.3) is 0 Å². The second-order valence-electron chi connectivity index (χ2n) is 2.82. The minimum Gasteiger partial charge on any atom is -0.465 e. The molecule has 76 valence electrons. The zero-order chi connectivity index (χ0) is 10.6. The number of hydrogen-bond donors (Lipinski definition) is 1. The van der Waals surface area contributed by atoms with Crippen LogP contribution in [-0.2, 0) is 9.53 Å². The molecule has 0 saturated carbocycles. The zero-order valence-corrected chi connectivity index (χ0v) is 8.23. The van der Waals surface area contributed by atoms with Crippen LogP contribution in [0.1, 0.15) is 24.4 Å². The number of hydrogen-bond acceptors (Lipinski definition) is 5. The fourth-order valence-electron chi connectivity index (χ4n) is 0.986. The van der Waals surface area contributed by atoms with Crippen molar-refractivity contribution in [3.05, 3.63) is 23.8 Å². The number of aromatic nitrogens is 2. The van der Waals surface area contributed by atoms with Gasteiger partial charge in [-0.3, -0.25) is 9.97 Å². The summed E-state index contributed by atoms with van der Waals surface area (Å²) in [5, 5.41) is 0. The van der Waals surface area contributed by atoms with Gasteiger partial charge in [0.1, 0.15) is 6.04 Å². The van der Waals surface area contributed by atoms with Gasteiger partial charge in [-0.1, -0.05) is 0 Å². The number of aryl methyl sites for hydroxylation is 1. The lowest BCUT2D eigenvalue weighted by Gasteiger charge is -2.09. The highest BCUT2D eigenvalue weighted by molar-refractivity contribution is 5.76. The van der Waals surface area contributed by atoms with Gasteiger partial charge in [0, 0.05) is 6.20 Å². The maximum absolute atomic E-state index is 11.2. The summed E-state index contributed by atoms with van der Waals surface area (Å²) in [5.74, 6) is -0.479. The van der Waals surface area contributed by atoms with Crippen LogP contribution in [0, 0.1) is 6.92 Å². The van der Waals surface area contributed by atoms with Gasteiger partial charge < -0.3 is 10.5 Å². The summed E-state index contributed by atoms with van der Waals surface area (Å²) in [6.45, 7) is 3.83. The van der Waals surface area contributed by atoms with Crippen molar-refractivity contribution in [1.29, 1.82) is 0 Å². The van der Waals surface area contributed by atoms with Crippen molar-refractivity contribution in [1.82, 2.24) is 9.97 Å². The third kappa shape index (κ3) is 2.50. The van der Waals surface area contributed by atoms with Gasteiger partial charge in [0.25, 0.3) is 0 Å². The van der Waals surface area contributed by atoms with Crippen molar-refractivity contribution in [2.75, 3.05) is 6.61 Å². The summed E-state index contributed by atoms with van der Waals surface area (Å²) < 4.78 is 4.77. The van der Waals surface area contributed by atoms with Crippen molar-refractivity contribution in [3.63, 3.8) is 0 Å². The van der Waals surface area contributed by atoms with Gasteiger partial charge in [-0.05, 0) is 13.8 Å². The molecule has 0 amide bonds. The molecule has 0 fully saturated rings. The van der Waals surface area contributed by atoms with Crippen molar-refractivity contribution >= 4 is 5.97 Å². The Morgan fingerprint density at radius 2 is 2.36 bits per heavy atom. The zero-order valence-electron chi connectivity index (χ0n) is 8.23. The summed E-state index contributed by atoms with van der Waals surface area (Å²) in [5.41, 5.74) is 6.77. The highest BCUT2D eigenvalue weighted by Gasteiger charge is 2.18. The summed E-state index contributed by atoms with van der Waals surface area (Å²) >= 11 is 0. The van der Waals surface area contributed by atoms with Gasteiger partial charge in [-0.25, -0.2) is 4.79 Å². The SMILES string of the molecule is CCOC(=O)C(N)c1cncc(C)n1. The molecule has 1 unspecified atom stereocenters. The van der Waals surface area contributed by atoms with E-state index in [9.17, 15) is 4.79 Å². The van der Waals surface area contributed by atoms with Crippen LogP contribution in [0.4, 0.5) is 0 Å². The van der Waals surface area contributed by atoms with Crippen LogP contribution in [0.2, 0.25) is 0 Å². The van der Waals surface area contributed by atoms with E-state index in [1.54, 1.807) is 20.0 Å². The number of carbonyl (C=O) groups is 1. The molecule has 0 aromatic carbocycles. The maximum Gasteiger partial charge on any atom is 0.329 e. The van der Waals surface area contributed by atoms with E-state index in [0.717, 1.165) is 5.69 Å². The summed E-state index contributed by atoms with van der Waals surface area (Å²) in [4.78, 5) is 19.2. The van der Waals surface area contributed by atoms with E-state index in [1.165, 1.54) is 6.20 Å². The molecular formula is C9H13N3O2. The number of nitrogens with two attached hydrogens (primary N) is 1. The number of nitrogens with zero attached hydrogens (tertiary/aromatic N) is 2. The molecule has 2 N–H and O–H groups in total. The second kappa shape index (κ2) is 4.66. The van der Waals surface area contributed by atoms with Crippen molar-refractivity contribution in [2.45, 2.75) is 19.9 Å². The molecule has 0 aliphatic heterocycles. The number of ether oxygens (including phenoxy) is 1. The van der Waals surface area contributed by atoms with Crippen molar-refractivity contribution in [3.8, 4) is 0 Å². The molecule has 1 rings (SSSR count). The standard InChI is InChI=1S/C9H13N3O2/c1-3-14-9(13)8(10)7-5-11-4-6(2)12-7/h4-5,8H,3,10H2,1-2H3. The topological polar surface area (TPSA) is 78.1 Å². The van der Waals surface area contributed by atoms with E-state index in [1.807, 2.05) is 0 Å². The Balaban J connectivity index is 2.78. The molecule has 0 aliphatic carbocycles. The highest BCUT2D eigenvalue weighted by atomic mass is 16.5. The molecule has 5 heteroatoms. The van der Waals surface area contributed by atoms with E-state index in [0.29, 0.717) is 12.3 Å². The predicted octanol–water partition coefficient (Wildman–Crippen LogP) is 0.348. The minimum atomic E-state index is -0.845. The molecule has 1 heterocycles. The Morgan fingerprint density at radius 3 is 2.93 bits per heavy atom. The maximum atomic E-state index is 11.2. The molecular weight excluding hydrogens is 182 g/mol. The Bertz CT molecular complexity index is 328. The fourth-order valence-corrected chi connectivity index (χ4v) is 0.986. The van der Waals surface area contributed by atoms with E-state index < -0.39 is 12.0 Å². The first kappa shape index (κ1) is 10.6. The third-order valence-electron chi connectivity index (χ3n) is 1.63. The molecule has 5 nitrogen and oxygen atoms in total. The van der Waals surface area contributed by atoms with Crippen LogP contribution in [0.3, 0.4) is 0 Å². The van der Waals surface area contributed by atoms with Crippen molar-refractivity contribution in [2.24, 2.45) is 5.73 Å². The first-order valence-corrected chi connectivity index (χ1v) is 4.36. The average molecular weight is 195 g/mol. The summed E-state index contributed by atoms with van der Waals surface area (Å²) in [6.07, 6.45) is 3.07. The monoisotopic (exact) mass is 195 g/mol. The molecule has 1 aromatic rings. The highest BCUT2D eigenvalue weighted by Crippen LogP contribution is 2.07. The Kier molecular flexibility index (Phi) is 3.53.